The molecule has 6 nitrogen and oxygen atoms in total. The van der Waals surface area contributed by atoms with Crippen molar-refractivity contribution in [2.24, 2.45) is 0 Å². The lowest BCUT2D eigenvalue weighted by molar-refractivity contribution is 0.0682. The summed E-state index contributed by atoms with van der Waals surface area (Å²) in [5, 5.41) is 11.9. The molecule has 0 bridgehead atoms. The van der Waals surface area contributed by atoms with Crippen LogP contribution in [-0.2, 0) is 13.0 Å². The number of benzene rings is 2. The standard InChI is InChI=1S/C20H21N5O/c1-2-24-14-18(22-23-24)19-21-17-11-7-6-10-16(17)20(26)25(19)13-12-15-8-4-3-5-9-15/h3-11,14,19,21H,2,12-13H2,1H3. The maximum absolute atomic E-state index is 13.1. The molecule has 0 saturated heterocycles. The molecule has 6 heteroatoms. The fraction of sp³-hybridized carbons (Fsp3) is 0.250. The van der Waals surface area contributed by atoms with Crippen LogP contribution < -0.4 is 5.32 Å². The van der Waals surface area contributed by atoms with Gasteiger partial charge in [-0.25, -0.2) is 0 Å². The van der Waals surface area contributed by atoms with E-state index < -0.39 is 0 Å². The van der Waals surface area contributed by atoms with E-state index in [2.05, 4.69) is 27.8 Å². The molecule has 2 heterocycles. The number of para-hydroxylation sites is 1. The fourth-order valence-corrected chi connectivity index (χ4v) is 3.24. The van der Waals surface area contributed by atoms with E-state index in [0.29, 0.717) is 12.1 Å². The van der Waals surface area contributed by atoms with Crippen molar-refractivity contribution < 1.29 is 4.79 Å². The zero-order valence-corrected chi connectivity index (χ0v) is 14.7. The van der Waals surface area contributed by atoms with Crippen LogP contribution >= 0.6 is 0 Å². The van der Waals surface area contributed by atoms with E-state index in [-0.39, 0.29) is 12.1 Å². The summed E-state index contributed by atoms with van der Waals surface area (Å²) in [6.45, 7) is 3.36. The van der Waals surface area contributed by atoms with Crippen LogP contribution in [0.1, 0.15) is 34.7 Å². The summed E-state index contributed by atoms with van der Waals surface area (Å²) in [5.74, 6) is 0.0197. The number of carbonyl (C=O) groups excluding carboxylic acids is 1. The molecular formula is C20H21N5O. The van der Waals surface area contributed by atoms with Crippen molar-refractivity contribution in [2.45, 2.75) is 26.1 Å². The number of hydrogen-bond acceptors (Lipinski definition) is 4. The summed E-state index contributed by atoms with van der Waals surface area (Å²) >= 11 is 0. The van der Waals surface area contributed by atoms with E-state index in [1.54, 1.807) is 4.68 Å². The van der Waals surface area contributed by atoms with Gasteiger partial charge in [0.05, 0.1) is 11.8 Å². The first-order valence-electron chi connectivity index (χ1n) is 8.86. The van der Waals surface area contributed by atoms with E-state index in [0.717, 1.165) is 24.3 Å². The van der Waals surface area contributed by atoms with Crippen LogP contribution in [0.4, 0.5) is 5.69 Å². The molecule has 0 spiro atoms. The van der Waals surface area contributed by atoms with E-state index in [9.17, 15) is 4.79 Å². The number of fused-ring (bicyclic) bond motifs is 1. The minimum absolute atomic E-state index is 0.0197. The molecule has 0 saturated carbocycles. The minimum atomic E-state index is -0.318. The number of aryl methyl sites for hydroxylation is 1. The van der Waals surface area contributed by atoms with Gasteiger partial charge in [-0.05, 0) is 31.0 Å². The predicted molar refractivity (Wildman–Crippen MR) is 99.7 cm³/mol. The summed E-state index contributed by atoms with van der Waals surface area (Å²) in [6, 6.07) is 17.8. The summed E-state index contributed by atoms with van der Waals surface area (Å²) < 4.78 is 1.78. The second-order valence-corrected chi connectivity index (χ2v) is 6.33. The largest absolute Gasteiger partial charge is 0.359 e. The SMILES string of the molecule is CCn1cc(C2Nc3ccccc3C(=O)N2CCc2ccccc2)nn1. The molecule has 3 aromatic rings. The Labute approximate surface area is 152 Å². The number of nitrogens with one attached hydrogen (secondary N) is 1. The van der Waals surface area contributed by atoms with Gasteiger partial charge in [-0.3, -0.25) is 9.48 Å². The maximum Gasteiger partial charge on any atom is 0.257 e. The van der Waals surface area contributed by atoms with Crippen LogP contribution in [0.25, 0.3) is 0 Å². The van der Waals surface area contributed by atoms with Crippen molar-refractivity contribution in [3.63, 3.8) is 0 Å². The van der Waals surface area contributed by atoms with Gasteiger partial charge in [-0.15, -0.1) is 5.10 Å². The summed E-state index contributed by atoms with van der Waals surface area (Å²) in [6.07, 6.45) is 2.37. The molecule has 0 radical (unpaired) electrons. The first-order valence-corrected chi connectivity index (χ1v) is 8.86. The topological polar surface area (TPSA) is 63.1 Å². The second-order valence-electron chi connectivity index (χ2n) is 6.33. The van der Waals surface area contributed by atoms with Crippen molar-refractivity contribution in [1.29, 1.82) is 0 Å². The van der Waals surface area contributed by atoms with Gasteiger partial charge in [0, 0.05) is 18.8 Å². The van der Waals surface area contributed by atoms with Gasteiger partial charge in [0.2, 0.25) is 0 Å². The quantitative estimate of drug-likeness (QED) is 0.770. The van der Waals surface area contributed by atoms with Crippen LogP contribution in [0.15, 0.2) is 60.8 Å². The molecule has 4 rings (SSSR count). The highest BCUT2D eigenvalue weighted by Crippen LogP contribution is 2.32. The Balaban J connectivity index is 1.65. The molecule has 1 atom stereocenters. The Kier molecular flexibility index (Phi) is 4.39. The Hall–Kier alpha value is -3.15. The third-order valence-corrected chi connectivity index (χ3v) is 4.67. The Bertz CT molecular complexity index is 905. The number of nitrogens with zero attached hydrogens (tertiary/aromatic N) is 4. The molecule has 0 fully saturated rings. The van der Waals surface area contributed by atoms with Gasteiger partial charge in [0.15, 0.2) is 0 Å². The fourth-order valence-electron chi connectivity index (χ4n) is 3.24. The van der Waals surface area contributed by atoms with Crippen LogP contribution in [0, 0.1) is 0 Å². The van der Waals surface area contributed by atoms with Gasteiger partial charge >= 0.3 is 0 Å². The smallest absolute Gasteiger partial charge is 0.257 e. The minimum Gasteiger partial charge on any atom is -0.359 e. The lowest BCUT2D eigenvalue weighted by atomic mass is 10.0. The van der Waals surface area contributed by atoms with Gasteiger partial charge in [-0.1, -0.05) is 47.7 Å². The highest BCUT2D eigenvalue weighted by Gasteiger charge is 2.34. The van der Waals surface area contributed by atoms with Gasteiger partial charge in [-0.2, -0.15) is 0 Å². The molecule has 1 unspecified atom stereocenters. The van der Waals surface area contributed by atoms with E-state index >= 15 is 0 Å². The normalized spacial score (nSPS) is 16.3. The Morgan fingerprint density at radius 2 is 1.85 bits per heavy atom. The molecule has 132 valence electrons. The molecule has 1 aromatic heterocycles. The molecular weight excluding hydrogens is 326 g/mol. The van der Waals surface area contributed by atoms with Crippen molar-refractivity contribution in [1.82, 2.24) is 19.9 Å². The van der Waals surface area contributed by atoms with Crippen molar-refractivity contribution in [3.05, 3.63) is 77.6 Å². The summed E-state index contributed by atoms with van der Waals surface area (Å²) in [4.78, 5) is 15.0. The van der Waals surface area contributed by atoms with Crippen LogP contribution in [0.2, 0.25) is 0 Å². The number of rotatable bonds is 5. The van der Waals surface area contributed by atoms with Gasteiger partial charge < -0.3 is 10.2 Å². The lowest BCUT2D eigenvalue weighted by Gasteiger charge is -2.36. The predicted octanol–water partition coefficient (Wildman–Crippen LogP) is 3.11. The monoisotopic (exact) mass is 347 g/mol. The molecule has 1 amide bonds. The molecule has 0 aliphatic carbocycles. The Morgan fingerprint density at radius 3 is 2.62 bits per heavy atom. The van der Waals surface area contributed by atoms with Crippen LogP contribution in [0.5, 0.6) is 0 Å². The molecule has 1 aliphatic heterocycles. The van der Waals surface area contributed by atoms with Crippen molar-refractivity contribution in [2.75, 3.05) is 11.9 Å². The number of aromatic nitrogens is 3. The first kappa shape index (κ1) is 16.3. The molecule has 2 aromatic carbocycles. The third kappa shape index (κ3) is 3.06. The van der Waals surface area contributed by atoms with Crippen LogP contribution in [0.3, 0.4) is 0 Å². The summed E-state index contributed by atoms with van der Waals surface area (Å²) in [5.41, 5.74) is 3.49. The number of carbonyl (C=O) groups is 1. The van der Waals surface area contributed by atoms with Gasteiger partial charge in [0.25, 0.3) is 5.91 Å². The van der Waals surface area contributed by atoms with E-state index in [1.165, 1.54) is 5.56 Å². The van der Waals surface area contributed by atoms with E-state index in [4.69, 9.17) is 0 Å². The molecule has 1 aliphatic rings. The lowest BCUT2D eigenvalue weighted by Crippen LogP contribution is -2.44. The third-order valence-electron chi connectivity index (χ3n) is 4.67. The second kappa shape index (κ2) is 7.00. The molecule has 26 heavy (non-hydrogen) atoms. The van der Waals surface area contributed by atoms with Gasteiger partial charge in [0.1, 0.15) is 11.9 Å². The van der Waals surface area contributed by atoms with E-state index in [1.807, 2.05) is 60.5 Å². The average molecular weight is 347 g/mol. The Morgan fingerprint density at radius 1 is 1.08 bits per heavy atom. The maximum atomic E-state index is 13.1. The zero-order chi connectivity index (χ0) is 17.9. The average Bonchev–Trinajstić information content (AvgIpc) is 3.17. The number of amides is 1. The first-order chi connectivity index (χ1) is 12.8. The van der Waals surface area contributed by atoms with Crippen molar-refractivity contribution in [3.8, 4) is 0 Å². The zero-order valence-electron chi connectivity index (χ0n) is 14.7. The van der Waals surface area contributed by atoms with Crippen LogP contribution in [-0.4, -0.2) is 32.3 Å². The number of anilines is 1. The highest BCUT2D eigenvalue weighted by molar-refractivity contribution is 6.01. The summed E-state index contributed by atoms with van der Waals surface area (Å²) in [7, 11) is 0. The highest BCUT2D eigenvalue weighted by atomic mass is 16.2. The van der Waals surface area contributed by atoms with Crippen molar-refractivity contribution >= 4 is 11.6 Å². The number of hydrogen-bond donors (Lipinski definition) is 1. The molecule has 1 N–H and O–H groups in total.